The lowest BCUT2D eigenvalue weighted by Crippen LogP contribution is -2.46. The number of nitrogens with zero attached hydrogens (tertiary/aromatic N) is 3. The highest BCUT2D eigenvalue weighted by Crippen LogP contribution is 2.43. The number of phosphoric ester groups is 1. The zero-order valence-electron chi connectivity index (χ0n) is 20.5. The SMILES string of the molecule is O=C1CCc2c(OP(=O)(O)O)cc(OCCCCN3CCN(c4cccc5ccccc45)CC3)nc2N1. The van der Waals surface area contributed by atoms with Gasteiger partial charge in [-0.25, -0.2) is 4.57 Å². The Morgan fingerprint density at radius 3 is 2.59 bits per heavy atom. The highest BCUT2D eigenvalue weighted by Gasteiger charge is 2.26. The lowest BCUT2D eigenvalue weighted by Gasteiger charge is -2.36. The normalized spacial score (nSPS) is 16.4. The highest BCUT2D eigenvalue weighted by atomic mass is 31.2. The van der Waals surface area contributed by atoms with E-state index in [1.807, 2.05) is 0 Å². The molecule has 37 heavy (non-hydrogen) atoms. The third kappa shape index (κ3) is 6.40. The molecule has 3 N–H and O–H groups in total. The fraction of sp³-hybridized carbons (Fsp3) is 0.385. The Hall–Kier alpha value is -3.17. The van der Waals surface area contributed by atoms with Gasteiger partial charge in [0.05, 0.1) is 6.61 Å². The minimum atomic E-state index is -4.76. The van der Waals surface area contributed by atoms with E-state index >= 15 is 0 Å². The van der Waals surface area contributed by atoms with Crippen molar-refractivity contribution in [3.05, 3.63) is 54.1 Å². The lowest BCUT2D eigenvalue weighted by molar-refractivity contribution is -0.116. The number of unbranched alkanes of at least 4 members (excludes halogenated alkanes) is 1. The van der Waals surface area contributed by atoms with E-state index < -0.39 is 7.82 Å². The number of nitrogens with one attached hydrogen (secondary N) is 1. The molecule has 3 aromatic rings. The van der Waals surface area contributed by atoms with Crippen LogP contribution in [0, 0.1) is 0 Å². The number of carbonyl (C=O) groups excluding carboxylic acids is 1. The zero-order valence-corrected chi connectivity index (χ0v) is 21.4. The summed E-state index contributed by atoms with van der Waals surface area (Å²) in [7, 11) is -4.76. The van der Waals surface area contributed by atoms with Crippen LogP contribution in [-0.2, 0) is 15.8 Å². The number of anilines is 2. The summed E-state index contributed by atoms with van der Waals surface area (Å²) in [5, 5.41) is 5.18. The summed E-state index contributed by atoms with van der Waals surface area (Å²) in [4.78, 5) is 39.5. The van der Waals surface area contributed by atoms with Crippen molar-refractivity contribution in [2.45, 2.75) is 25.7 Å². The average molecular weight is 527 g/mol. The van der Waals surface area contributed by atoms with Crippen LogP contribution in [0.4, 0.5) is 11.5 Å². The molecule has 2 aliphatic heterocycles. The number of pyridine rings is 1. The van der Waals surface area contributed by atoms with Crippen LogP contribution < -0.4 is 19.5 Å². The fourth-order valence-corrected chi connectivity index (χ4v) is 5.32. The molecule has 5 rings (SSSR count). The van der Waals surface area contributed by atoms with Crippen LogP contribution in [-0.4, -0.2) is 64.9 Å². The number of phosphoric acid groups is 1. The van der Waals surface area contributed by atoms with Crippen molar-refractivity contribution in [2.24, 2.45) is 0 Å². The molecule has 1 saturated heterocycles. The standard InChI is InChI=1S/C26H31N4O6P/c31-24-11-10-21-23(36-37(32,33)34)18-25(28-26(21)27-24)35-17-4-3-12-29-13-15-30(16-14-29)22-9-5-7-19-6-1-2-8-20(19)22/h1-2,5-9,18H,3-4,10-17H2,(H,27,28,31)(H2,32,33,34). The average Bonchev–Trinajstić information content (AvgIpc) is 2.87. The maximum Gasteiger partial charge on any atom is 0.524 e. The van der Waals surface area contributed by atoms with Crippen LogP contribution >= 0.6 is 7.82 Å². The summed E-state index contributed by atoms with van der Waals surface area (Å²) in [5.41, 5.74) is 1.75. The summed E-state index contributed by atoms with van der Waals surface area (Å²) in [6.45, 7) is 5.33. The van der Waals surface area contributed by atoms with Crippen molar-refractivity contribution < 1.29 is 28.4 Å². The van der Waals surface area contributed by atoms with Gasteiger partial charge in [-0.15, -0.1) is 0 Å². The van der Waals surface area contributed by atoms with Gasteiger partial charge in [0.1, 0.15) is 11.6 Å². The van der Waals surface area contributed by atoms with E-state index in [0.29, 0.717) is 12.2 Å². The first-order valence-electron chi connectivity index (χ1n) is 12.5. The van der Waals surface area contributed by atoms with Crippen LogP contribution in [0.15, 0.2) is 48.5 Å². The van der Waals surface area contributed by atoms with E-state index in [1.54, 1.807) is 0 Å². The Bertz CT molecular complexity index is 1320. The van der Waals surface area contributed by atoms with E-state index in [0.717, 1.165) is 45.6 Å². The van der Waals surface area contributed by atoms with Gasteiger partial charge in [-0.1, -0.05) is 36.4 Å². The van der Waals surface area contributed by atoms with Gasteiger partial charge in [-0.05, 0) is 37.3 Å². The van der Waals surface area contributed by atoms with Gasteiger partial charge < -0.3 is 19.5 Å². The highest BCUT2D eigenvalue weighted by molar-refractivity contribution is 7.46. The Labute approximate surface area is 215 Å². The smallest absolute Gasteiger partial charge is 0.478 e. The number of fused-ring (bicyclic) bond motifs is 2. The monoisotopic (exact) mass is 526 g/mol. The number of hydrogen-bond acceptors (Lipinski definition) is 7. The van der Waals surface area contributed by atoms with Crippen LogP contribution in [0.25, 0.3) is 10.8 Å². The molecule has 0 aliphatic carbocycles. The number of hydrogen-bond donors (Lipinski definition) is 3. The number of ether oxygens (including phenoxy) is 1. The molecule has 2 aromatic carbocycles. The largest absolute Gasteiger partial charge is 0.524 e. The predicted octanol–water partition coefficient (Wildman–Crippen LogP) is 3.57. The lowest BCUT2D eigenvalue weighted by atomic mass is 10.1. The molecular formula is C26H31N4O6P. The molecule has 0 radical (unpaired) electrons. The minimum absolute atomic E-state index is 0.0163. The number of aromatic nitrogens is 1. The Morgan fingerprint density at radius 1 is 1.00 bits per heavy atom. The summed E-state index contributed by atoms with van der Waals surface area (Å²) in [6.07, 6.45) is 2.23. The fourth-order valence-electron chi connectivity index (χ4n) is 4.90. The molecular weight excluding hydrogens is 495 g/mol. The van der Waals surface area contributed by atoms with Gasteiger partial charge in [0, 0.05) is 55.3 Å². The van der Waals surface area contributed by atoms with E-state index in [1.165, 1.54) is 22.5 Å². The summed E-state index contributed by atoms with van der Waals surface area (Å²) >= 11 is 0. The first kappa shape index (κ1) is 25.5. The van der Waals surface area contributed by atoms with Crippen molar-refractivity contribution in [1.82, 2.24) is 9.88 Å². The van der Waals surface area contributed by atoms with Crippen molar-refractivity contribution in [3.63, 3.8) is 0 Å². The molecule has 2 aliphatic rings. The van der Waals surface area contributed by atoms with E-state index in [-0.39, 0.29) is 36.2 Å². The Morgan fingerprint density at radius 2 is 1.78 bits per heavy atom. The third-order valence-corrected chi connectivity index (χ3v) is 7.17. The van der Waals surface area contributed by atoms with Gasteiger partial charge in [0.2, 0.25) is 11.8 Å². The third-order valence-electron chi connectivity index (χ3n) is 6.74. The molecule has 196 valence electrons. The predicted molar refractivity (Wildman–Crippen MR) is 141 cm³/mol. The van der Waals surface area contributed by atoms with Gasteiger partial charge in [0.25, 0.3) is 0 Å². The number of carbonyl (C=O) groups is 1. The molecule has 3 heterocycles. The molecule has 1 fully saturated rings. The van der Waals surface area contributed by atoms with Crippen molar-refractivity contribution in [3.8, 4) is 11.6 Å². The molecule has 11 heteroatoms. The van der Waals surface area contributed by atoms with E-state index in [2.05, 4.69) is 62.6 Å². The molecule has 1 aromatic heterocycles. The second-order valence-electron chi connectivity index (χ2n) is 9.30. The van der Waals surface area contributed by atoms with Crippen LogP contribution in [0.5, 0.6) is 11.6 Å². The minimum Gasteiger partial charge on any atom is -0.478 e. The Balaban J connectivity index is 1.10. The maximum absolute atomic E-state index is 11.7. The number of rotatable bonds is 9. The summed E-state index contributed by atoms with van der Waals surface area (Å²) in [5.74, 6) is 0.159. The topological polar surface area (TPSA) is 124 Å². The van der Waals surface area contributed by atoms with Crippen molar-refractivity contribution in [2.75, 3.05) is 49.5 Å². The number of benzene rings is 2. The molecule has 0 atom stereocenters. The first-order chi connectivity index (χ1) is 17.9. The second kappa shape index (κ2) is 11.1. The van der Waals surface area contributed by atoms with E-state index in [4.69, 9.17) is 9.26 Å². The molecule has 0 unspecified atom stereocenters. The van der Waals surface area contributed by atoms with Gasteiger partial charge >= 0.3 is 7.82 Å². The zero-order chi connectivity index (χ0) is 25.8. The molecule has 0 spiro atoms. The number of piperazine rings is 1. The van der Waals surface area contributed by atoms with Crippen LogP contribution in [0.1, 0.15) is 24.8 Å². The molecule has 10 nitrogen and oxygen atoms in total. The van der Waals surface area contributed by atoms with Crippen molar-refractivity contribution in [1.29, 1.82) is 0 Å². The molecule has 0 bridgehead atoms. The quantitative estimate of drug-likeness (QED) is 0.284. The van der Waals surface area contributed by atoms with E-state index in [9.17, 15) is 19.1 Å². The van der Waals surface area contributed by atoms with Crippen molar-refractivity contribution >= 4 is 36.0 Å². The molecule has 0 saturated carbocycles. The number of amides is 1. The second-order valence-corrected chi connectivity index (χ2v) is 10.5. The van der Waals surface area contributed by atoms with Crippen LogP contribution in [0.2, 0.25) is 0 Å². The van der Waals surface area contributed by atoms with Gasteiger partial charge in [0.15, 0.2) is 0 Å². The first-order valence-corrected chi connectivity index (χ1v) is 14.1. The summed E-state index contributed by atoms with van der Waals surface area (Å²) in [6, 6.07) is 16.3. The van der Waals surface area contributed by atoms with Crippen LogP contribution in [0.3, 0.4) is 0 Å². The molecule has 1 amide bonds. The van der Waals surface area contributed by atoms with Gasteiger partial charge in [-0.2, -0.15) is 4.98 Å². The Kier molecular flexibility index (Phi) is 7.62. The summed E-state index contributed by atoms with van der Waals surface area (Å²) < 4.78 is 22.0. The van der Waals surface area contributed by atoms with Gasteiger partial charge in [-0.3, -0.25) is 19.5 Å². The maximum atomic E-state index is 11.7.